The maximum absolute atomic E-state index is 12.0. The van der Waals surface area contributed by atoms with Crippen molar-refractivity contribution in [2.75, 3.05) is 5.73 Å². The average molecular weight is 239 g/mol. The maximum atomic E-state index is 12.0. The largest absolute Gasteiger partial charge is 0.385 e. The van der Waals surface area contributed by atoms with E-state index in [-0.39, 0.29) is 11.1 Å². The molecule has 0 aliphatic carbocycles. The fourth-order valence-electron chi connectivity index (χ4n) is 1.87. The van der Waals surface area contributed by atoms with E-state index in [0.29, 0.717) is 11.4 Å². The SMILES string of the molecule is Cc1cccc(-c2cc(N)n(C)c(=O)c2C#N)c1. The molecule has 1 heterocycles. The van der Waals surface area contributed by atoms with Gasteiger partial charge in [-0.25, -0.2) is 0 Å². The predicted molar refractivity (Wildman–Crippen MR) is 71.0 cm³/mol. The third-order valence-electron chi connectivity index (χ3n) is 2.91. The number of rotatable bonds is 1. The molecule has 2 N–H and O–H groups in total. The Kier molecular flexibility index (Phi) is 2.90. The van der Waals surface area contributed by atoms with Crippen LogP contribution in [0.3, 0.4) is 0 Å². The van der Waals surface area contributed by atoms with Gasteiger partial charge in [-0.2, -0.15) is 5.26 Å². The van der Waals surface area contributed by atoms with Crippen molar-refractivity contribution in [2.45, 2.75) is 6.92 Å². The van der Waals surface area contributed by atoms with E-state index in [2.05, 4.69) is 0 Å². The molecule has 0 atom stereocenters. The van der Waals surface area contributed by atoms with Gasteiger partial charge in [0.05, 0.1) is 0 Å². The van der Waals surface area contributed by atoms with Gasteiger partial charge in [0, 0.05) is 12.6 Å². The molecular formula is C14H13N3O. The van der Waals surface area contributed by atoms with Crippen LogP contribution < -0.4 is 11.3 Å². The minimum atomic E-state index is -0.367. The quantitative estimate of drug-likeness (QED) is 0.825. The summed E-state index contributed by atoms with van der Waals surface area (Å²) in [4.78, 5) is 12.0. The molecule has 0 aliphatic rings. The van der Waals surface area contributed by atoms with Gasteiger partial charge in [0.15, 0.2) is 0 Å². The van der Waals surface area contributed by atoms with Crippen molar-refractivity contribution >= 4 is 5.82 Å². The number of aromatic nitrogens is 1. The van der Waals surface area contributed by atoms with Crippen molar-refractivity contribution in [3.8, 4) is 17.2 Å². The van der Waals surface area contributed by atoms with Gasteiger partial charge in [0.2, 0.25) is 0 Å². The van der Waals surface area contributed by atoms with Crippen molar-refractivity contribution in [1.82, 2.24) is 4.57 Å². The van der Waals surface area contributed by atoms with Gasteiger partial charge in [-0.15, -0.1) is 0 Å². The first-order chi connectivity index (χ1) is 8.54. The second kappa shape index (κ2) is 4.38. The van der Waals surface area contributed by atoms with Crippen molar-refractivity contribution in [2.24, 2.45) is 7.05 Å². The van der Waals surface area contributed by atoms with Crippen LogP contribution in [0.15, 0.2) is 35.1 Å². The Hall–Kier alpha value is -2.54. The summed E-state index contributed by atoms with van der Waals surface area (Å²) < 4.78 is 1.28. The molecule has 1 aromatic carbocycles. The fraction of sp³-hybridized carbons (Fsp3) is 0.143. The lowest BCUT2D eigenvalue weighted by Gasteiger charge is -2.09. The monoisotopic (exact) mass is 239 g/mol. The fourth-order valence-corrected chi connectivity index (χ4v) is 1.87. The Morgan fingerprint density at radius 3 is 2.67 bits per heavy atom. The molecule has 2 aromatic rings. The van der Waals surface area contributed by atoms with Gasteiger partial charge >= 0.3 is 0 Å². The van der Waals surface area contributed by atoms with E-state index >= 15 is 0 Å². The lowest BCUT2D eigenvalue weighted by molar-refractivity contribution is 0.871. The molecule has 0 saturated carbocycles. The van der Waals surface area contributed by atoms with E-state index in [1.807, 2.05) is 37.3 Å². The van der Waals surface area contributed by atoms with Crippen molar-refractivity contribution in [3.63, 3.8) is 0 Å². The number of hydrogen-bond donors (Lipinski definition) is 1. The van der Waals surface area contributed by atoms with Crippen LogP contribution in [0.25, 0.3) is 11.1 Å². The zero-order chi connectivity index (χ0) is 13.3. The number of nitrogens with zero attached hydrogens (tertiary/aromatic N) is 2. The molecule has 0 bridgehead atoms. The van der Waals surface area contributed by atoms with Crippen LogP contribution in [-0.4, -0.2) is 4.57 Å². The first-order valence-corrected chi connectivity index (χ1v) is 5.51. The van der Waals surface area contributed by atoms with Crippen LogP contribution >= 0.6 is 0 Å². The normalized spacial score (nSPS) is 10.1. The van der Waals surface area contributed by atoms with E-state index in [4.69, 9.17) is 11.0 Å². The van der Waals surface area contributed by atoms with Gasteiger partial charge in [-0.3, -0.25) is 9.36 Å². The van der Waals surface area contributed by atoms with Crippen LogP contribution in [0.5, 0.6) is 0 Å². The lowest BCUT2D eigenvalue weighted by atomic mass is 10.00. The summed E-state index contributed by atoms with van der Waals surface area (Å²) in [6, 6.07) is 11.3. The second-order valence-corrected chi connectivity index (χ2v) is 4.20. The number of hydrogen-bond acceptors (Lipinski definition) is 3. The Labute approximate surface area is 105 Å². The average Bonchev–Trinajstić information content (AvgIpc) is 2.35. The molecule has 0 fully saturated rings. The standard InChI is InChI=1S/C14H13N3O/c1-9-4-3-5-10(6-9)11-7-13(16)17(2)14(18)12(11)8-15/h3-7H,16H2,1-2H3. The zero-order valence-corrected chi connectivity index (χ0v) is 10.3. The van der Waals surface area contributed by atoms with Crippen molar-refractivity contribution in [1.29, 1.82) is 5.26 Å². The van der Waals surface area contributed by atoms with Crippen LogP contribution in [0.1, 0.15) is 11.1 Å². The highest BCUT2D eigenvalue weighted by molar-refractivity contribution is 5.72. The summed E-state index contributed by atoms with van der Waals surface area (Å²) >= 11 is 0. The first-order valence-electron chi connectivity index (χ1n) is 5.51. The molecule has 0 aliphatic heterocycles. The number of nitrogen functional groups attached to an aromatic ring is 1. The number of nitriles is 1. The summed E-state index contributed by atoms with van der Waals surface area (Å²) in [6.45, 7) is 1.96. The van der Waals surface area contributed by atoms with Crippen LogP contribution in [0.4, 0.5) is 5.82 Å². The highest BCUT2D eigenvalue weighted by Gasteiger charge is 2.12. The Bertz CT molecular complexity index is 708. The van der Waals surface area contributed by atoms with Gasteiger partial charge in [0.25, 0.3) is 5.56 Å². The molecule has 4 nitrogen and oxygen atoms in total. The van der Waals surface area contributed by atoms with E-state index < -0.39 is 0 Å². The molecule has 0 amide bonds. The van der Waals surface area contributed by atoms with Gasteiger partial charge in [-0.1, -0.05) is 29.8 Å². The smallest absolute Gasteiger partial charge is 0.270 e. The molecule has 18 heavy (non-hydrogen) atoms. The molecule has 1 aromatic heterocycles. The predicted octanol–water partition coefficient (Wildman–Crippen LogP) is 1.81. The van der Waals surface area contributed by atoms with E-state index in [9.17, 15) is 4.79 Å². The molecule has 0 unspecified atom stereocenters. The molecule has 0 spiro atoms. The summed E-state index contributed by atoms with van der Waals surface area (Å²) in [5.74, 6) is 0.343. The number of pyridine rings is 1. The van der Waals surface area contributed by atoms with Crippen LogP contribution in [-0.2, 0) is 7.05 Å². The Balaban J connectivity index is 2.81. The summed E-state index contributed by atoms with van der Waals surface area (Å²) in [6.07, 6.45) is 0. The zero-order valence-electron chi connectivity index (χ0n) is 10.3. The van der Waals surface area contributed by atoms with E-state index in [1.54, 1.807) is 13.1 Å². The Morgan fingerprint density at radius 1 is 1.33 bits per heavy atom. The third kappa shape index (κ3) is 1.87. The highest BCUT2D eigenvalue weighted by atomic mass is 16.1. The van der Waals surface area contributed by atoms with Gasteiger partial charge in [-0.05, 0) is 18.6 Å². The molecule has 4 heteroatoms. The van der Waals surface area contributed by atoms with Gasteiger partial charge < -0.3 is 5.73 Å². The second-order valence-electron chi connectivity index (χ2n) is 4.20. The summed E-state index contributed by atoms with van der Waals surface area (Å²) in [5.41, 5.74) is 8.01. The molecule has 0 saturated heterocycles. The van der Waals surface area contributed by atoms with Gasteiger partial charge in [0.1, 0.15) is 17.5 Å². The van der Waals surface area contributed by atoms with E-state index in [1.165, 1.54) is 4.57 Å². The molecule has 0 radical (unpaired) electrons. The van der Waals surface area contributed by atoms with Crippen molar-refractivity contribution < 1.29 is 0 Å². The van der Waals surface area contributed by atoms with Crippen molar-refractivity contribution in [3.05, 3.63) is 51.8 Å². The molecule has 2 rings (SSSR count). The first kappa shape index (κ1) is 11.9. The lowest BCUT2D eigenvalue weighted by Crippen LogP contribution is -2.23. The Morgan fingerprint density at radius 2 is 2.06 bits per heavy atom. The maximum Gasteiger partial charge on any atom is 0.270 e. The van der Waals surface area contributed by atoms with Crippen LogP contribution in [0, 0.1) is 18.3 Å². The minimum Gasteiger partial charge on any atom is -0.385 e. The minimum absolute atomic E-state index is 0.123. The van der Waals surface area contributed by atoms with E-state index in [0.717, 1.165) is 11.1 Å². The number of benzene rings is 1. The topological polar surface area (TPSA) is 71.8 Å². The number of anilines is 1. The summed E-state index contributed by atoms with van der Waals surface area (Å²) in [7, 11) is 1.55. The van der Waals surface area contributed by atoms with Crippen LogP contribution in [0.2, 0.25) is 0 Å². The third-order valence-corrected chi connectivity index (χ3v) is 2.91. The molecular weight excluding hydrogens is 226 g/mol. The summed E-state index contributed by atoms with van der Waals surface area (Å²) in [5, 5.41) is 9.14. The highest BCUT2D eigenvalue weighted by Crippen LogP contribution is 2.23. The molecule has 90 valence electrons. The number of aryl methyl sites for hydroxylation is 1. The number of nitrogens with two attached hydrogens (primary N) is 1.